The van der Waals surface area contributed by atoms with Gasteiger partial charge in [0.1, 0.15) is 5.41 Å². The molecule has 0 saturated carbocycles. The van der Waals surface area contributed by atoms with Crippen LogP contribution in [0.2, 0.25) is 0 Å². The molecule has 0 aliphatic carbocycles. The van der Waals surface area contributed by atoms with E-state index in [1.54, 1.807) is 26.0 Å². The molecule has 0 bridgehead atoms. The van der Waals surface area contributed by atoms with Crippen LogP contribution in [0.15, 0.2) is 43.0 Å². The highest BCUT2D eigenvalue weighted by Gasteiger charge is 2.40. The van der Waals surface area contributed by atoms with Crippen molar-refractivity contribution < 1.29 is 14.6 Å². The lowest BCUT2D eigenvalue weighted by atomic mass is 9.81. The molecule has 1 aromatic rings. The third-order valence-electron chi connectivity index (χ3n) is 2.82. The molecule has 3 heteroatoms. The van der Waals surface area contributed by atoms with E-state index in [4.69, 9.17) is 4.74 Å². The van der Waals surface area contributed by atoms with Crippen LogP contribution in [0.25, 0.3) is 0 Å². The summed E-state index contributed by atoms with van der Waals surface area (Å²) >= 11 is 0. The standard InChI is InChI=1S/C14H18O3/c1-4-14(3,13(16)17-5-2)12(15)11-9-7-6-8-10-11/h4,6-10,12,15H,1,5H2,2-3H3. The minimum absolute atomic E-state index is 0.282. The van der Waals surface area contributed by atoms with E-state index in [2.05, 4.69) is 6.58 Å². The average molecular weight is 234 g/mol. The summed E-state index contributed by atoms with van der Waals surface area (Å²) in [5.74, 6) is -0.466. The Morgan fingerprint density at radius 1 is 1.53 bits per heavy atom. The Hall–Kier alpha value is -1.61. The van der Waals surface area contributed by atoms with Crippen LogP contribution in [0.1, 0.15) is 25.5 Å². The van der Waals surface area contributed by atoms with Gasteiger partial charge in [0, 0.05) is 0 Å². The zero-order valence-corrected chi connectivity index (χ0v) is 10.2. The summed E-state index contributed by atoms with van der Waals surface area (Å²) in [4.78, 5) is 11.9. The summed E-state index contributed by atoms with van der Waals surface area (Å²) in [6.07, 6.45) is 0.475. The molecular formula is C14H18O3. The summed E-state index contributed by atoms with van der Waals surface area (Å²) in [6, 6.07) is 9.02. The van der Waals surface area contributed by atoms with Gasteiger partial charge in [-0.3, -0.25) is 4.79 Å². The molecule has 1 N–H and O–H groups in total. The van der Waals surface area contributed by atoms with Crippen molar-refractivity contribution >= 4 is 5.97 Å². The number of aliphatic hydroxyl groups excluding tert-OH is 1. The number of aliphatic hydroxyl groups is 1. The first-order valence-corrected chi connectivity index (χ1v) is 5.60. The van der Waals surface area contributed by atoms with E-state index in [1.807, 2.05) is 18.2 Å². The number of carbonyl (C=O) groups is 1. The van der Waals surface area contributed by atoms with Crippen molar-refractivity contribution in [1.82, 2.24) is 0 Å². The van der Waals surface area contributed by atoms with Gasteiger partial charge in [-0.15, -0.1) is 6.58 Å². The van der Waals surface area contributed by atoms with Gasteiger partial charge in [-0.2, -0.15) is 0 Å². The van der Waals surface area contributed by atoms with Crippen molar-refractivity contribution in [2.45, 2.75) is 20.0 Å². The monoisotopic (exact) mass is 234 g/mol. The van der Waals surface area contributed by atoms with Gasteiger partial charge < -0.3 is 9.84 Å². The molecule has 0 aliphatic rings. The Balaban J connectivity index is 3.01. The van der Waals surface area contributed by atoms with Gasteiger partial charge in [-0.05, 0) is 19.4 Å². The fourth-order valence-corrected chi connectivity index (χ4v) is 1.57. The van der Waals surface area contributed by atoms with E-state index in [0.29, 0.717) is 5.56 Å². The third-order valence-corrected chi connectivity index (χ3v) is 2.82. The highest BCUT2D eigenvalue weighted by Crippen LogP contribution is 2.35. The van der Waals surface area contributed by atoms with Crippen LogP contribution in [0.4, 0.5) is 0 Å². The molecule has 2 atom stereocenters. The second kappa shape index (κ2) is 5.64. The van der Waals surface area contributed by atoms with Crippen LogP contribution in [0, 0.1) is 5.41 Å². The van der Waals surface area contributed by atoms with Gasteiger partial charge in [0.2, 0.25) is 0 Å². The lowest BCUT2D eigenvalue weighted by Crippen LogP contribution is -2.34. The van der Waals surface area contributed by atoms with Crippen molar-refractivity contribution in [3.05, 3.63) is 48.6 Å². The number of hydrogen-bond donors (Lipinski definition) is 1. The summed E-state index contributed by atoms with van der Waals surface area (Å²) in [7, 11) is 0. The Bertz CT molecular complexity index is 386. The smallest absolute Gasteiger partial charge is 0.318 e. The summed E-state index contributed by atoms with van der Waals surface area (Å²) in [5, 5.41) is 10.3. The predicted octanol–water partition coefficient (Wildman–Crippen LogP) is 2.48. The minimum Gasteiger partial charge on any atom is -0.465 e. The molecule has 1 rings (SSSR count). The molecule has 0 radical (unpaired) electrons. The van der Waals surface area contributed by atoms with E-state index in [-0.39, 0.29) is 6.61 Å². The number of ether oxygens (including phenoxy) is 1. The molecule has 3 nitrogen and oxygen atoms in total. The average Bonchev–Trinajstić information content (AvgIpc) is 2.38. The topological polar surface area (TPSA) is 46.5 Å². The largest absolute Gasteiger partial charge is 0.465 e. The van der Waals surface area contributed by atoms with Crippen molar-refractivity contribution in [2.24, 2.45) is 5.41 Å². The van der Waals surface area contributed by atoms with Crippen LogP contribution < -0.4 is 0 Å². The molecule has 2 unspecified atom stereocenters. The Kier molecular flexibility index (Phi) is 4.46. The maximum Gasteiger partial charge on any atom is 0.318 e. The van der Waals surface area contributed by atoms with Crippen LogP contribution in [-0.2, 0) is 9.53 Å². The van der Waals surface area contributed by atoms with Crippen molar-refractivity contribution in [3.8, 4) is 0 Å². The number of benzene rings is 1. The van der Waals surface area contributed by atoms with E-state index >= 15 is 0 Å². The number of esters is 1. The van der Waals surface area contributed by atoms with Gasteiger partial charge in [-0.1, -0.05) is 36.4 Å². The van der Waals surface area contributed by atoms with Crippen molar-refractivity contribution in [1.29, 1.82) is 0 Å². The maximum absolute atomic E-state index is 11.9. The lowest BCUT2D eigenvalue weighted by molar-refractivity contribution is -0.157. The fourth-order valence-electron chi connectivity index (χ4n) is 1.57. The highest BCUT2D eigenvalue weighted by atomic mass is 16.5. The van der Waals surface area contributed by atoms with Gasteiger partial charge in [-0.25, -0.2) is 0 Å². The Morgan fingerprint density at radius 2 is 2.12 bits per heavy atom. The molecule has 17 heavy (non-hydrogen) atoms. The zero-order valence-electron chi connectivity index (χ0n) is 10.2. The summed E-state index contributed by atoms with van der Waals surface area (Å²) in [5.41, 5.74) is -0.458. The fraction of sp³-hybridized carbons (Fsp3) is 0.357. The second-order valence-electron chi connectivity index (χ2n) is 4.02. The van der Waals surface area contributed by atoms with Gasteiger partial charge in [0.05, 0.1) is 12.7 Å². The van der Waals surface area contributed by atoms with Crippen LogP contribution >= 0.6 is 0 Å². The number of rotatable bonds is 5. The first-order chi connectivity index (χ1) is 8.06. The van der Waals surface area contributed by atoms with Gasteiger partial charge in [0.25, 0.3) is 0 Å². The molecule has 0 saturated heterocycles. The Labute approximate surface area is 102 Å². The molecule has 0 aromatic heterocycles. The zero-order chi connectivity index (χ0) is 12.9. The summed E-state index contributed by atoms with van der Waals surface area (Å²) in [6.45, 7) is 7.26. The van der Waals surface area contributed by atoms with E-state index in [0.717, 1.165) is 0 Å². The molecule has 0 fully saturated rings. The molecule has 0 amide bonds. The van der Waals surface area contributed by atoms with Crippen LogP contribution in [-0.4, -0.2) is 17.7 Å². The van der Waals surface area contributed by atoms with Gasteiger partial charge >= 0.3 is 5.97 Å². The third kappa shape index (κ3) is 2.74. The quantitative estimate of drug-likeness (QED) is 0.629. The highest BCUT2D eigenvalue weighted by molar-refractivity contribution is 5.79. The van der Waals surface area contributed by atoms with Crippen LogP contribution in [0.3, 0.4) is 0 Å². The normalized spacial score (nSPS) is 15.7. The molecule has 92 valence electrons. The predicted molar refractivity (Wildman–Crippen MR) is 66.3 cm³/mol. The van der Waals surface area contributed by atoms with E-state index in [9.17, 15) is 9.90 Å². The molecular weight excluding hydrogens is 216 g/mol. The number of hydrogen-bond acceptors (Lipinski definition) is 3. The molecule has 1 aromatic carbocycles. The van der Waals surface area contributed by atoms with Crippen molar-refractivity contribution in [3.63, 3.8) is 0 Å². The van der Waals surface area contributed by atoms with E-state index < -0.39 is 17.5 Å². The van der Waals surface area contributed by atoms with Crippen molar-refractivity contribution in [2.75, 3.05) is 6.61 Å². The Morgan fingerprint density at radius 3 is 2.59 bits per heavy atom. The summed E-state index contributed by atoms with van der Waals surface area (Å²) < 4.78 is 4.97. The molecule has 0 aliphatic heterocycles. The lowest BCUT2D eigenvalue weighted by Gasteiger charge is -2.29. The van der Waals surface area contributed by atoms with Crippen LogP contribution in [0.5, 0.6) is 0 Å². The number of carbonyl (C=O) groups excluding carboxylic acids is 1. The second-order valence-corrected chi connectivity index (χ2v) is 4.02. The van der Waals surface area contributed by atoms with E-state index in [1.165, 1.54) is 6.08 Å². The first kappa shape index (κ1) is 13.5. The SMILES string of the molecule is C=CC(C)(C(=O)OCC)C(O)c1ccccc1. The minimum atomic E-state index is -1.13. The molecule has 0 heterocycles. The molecule has 0 spiro atoms. The van der Waals surface area contributed by atoms with Gasteiger partial charge in [0.15, 0.2) is 0 Å². The first-order valence-electron chi connectivity index (χ1n) is 5.60. The maximum atomic E-state index is 11.9.